The van der Waals surface area contributed by atoms with Crippen molar-refractivity contribution >= 4 is 34.0 Å². The Balaban J connectivity index is 0.00000338. The molecule has 2 aromatic carbocycles. The Morgan fingerprint density at radius 3 is 2.46 bits per heavy atom. The second-order valence-electron chi connectivity index (χ2n) is 5.78. The molecule has 26 heavy (non-hydrogen) atoms. The highest BCUT2D eigenvalue weighted by Crippen LogP contribution is 2.20. The number of carbonyl (C=O) groups excluding carboxylic acids is 1. The molecule has 8 heteroatoms. The van der Waals surface area contributed by atoms with E-state index in [2.05, 4.69) is 10.0 Å². The molecule has 1 atom stereocenters. The van der Waals surface area contributed by atoms with Crippen LogP contribution in [0.25, 0.3) is 0 Å². The van der Waals surface area contributed by atoms with Crippen LogP contribution in [0.2, 0.25) is 0 Å². The predicted molar refractivity (Wildman–Crippen MR) is 106 cm³/mol. The number of anilines is 1. The number of rotatable bonds is 8. The van der Waals surface area contributed by atoms with Gasteiger partial charge in [-0.25, -0.2) is 13.1 Å². The smallest absolute Gasteiger partial charge is 0.240 e. The molecule has 6 nitrogen and oxygen atoms in total. The van der Waals surface area contributed by atoms with Gasteiger partial charge >= 0.3 is 0 Å². The SMILES string of the molecule is CC(CC(=O)Nc1cccc(S(=O)(=O)NCCN)c1)c1ccccc1.Cl. The van der Waals surface area contributed by atoms with Crippen LogP contribution >= 0.6 is 12.4 Å². The number of hydrogen-bond donors (Lipinski definition) is 3. The maximum Gasteiger partial charge on any atom is 0.240 e. The highest BCUT2D eigenvalue weighted by Gasteiger charge is 2.15. The first-order chi connectivity index (χ1) is 11.9. The first-order valence-corrected chi connectivity index (χ1v) is 9.55. The minimum absolute atomic E-state index is 0. The van der Waals surface area contributed by atoms with Crippen molar-refractivity contribution in [1.29, 1.82) is 0 Å². The first kappa shape index (κ1) is 22.1. The maximum absolute atomic E-state index is 12.2. The second kappa shape index (κ2) is 10.3. The standard InChI is InChI=1S/C18H23N3O3S.ClH/c1-14(15-6-3-2-4-7-15)12-18(22)21-16-8-5-9-17(13-16)25(23,24)20-11-10-19;/h2-9,13-14,20H,10-12,19H2,1H3,(H,21,22);1H. The molecule has 0 saturated heterocycles. The largest absolute Gasteiger partial charge is 0.329 e. The summed E-state index contributed by atoms with van der Waals surface area (Å²) in [5.74, 6) is -0.0971. The zero-order valence-electron chi connectivity index (χ0n) is 14.5. The van der Waals surface area contributed by atoms with Crippen LogP contribution in [0, 0.1) is 0 Å². The van der Waals surface area contributed by atoms with Crippen molar-refractivity contribution in [2.45, 2.75) is 24.2 Å². The van der Waals surface area contributed by atoms with E-state index in [1.165, 1.54) is 12.1 Å². The van der Waals surface area contributed by atoms with Crippen molar-refractivity contribution < 1.29 is 13.2 Å². The predicted octanol–water partition coefficient (Wildman–Crippen LogP) is 2.48. The van der Waals surface area contributed by atoms with Gasteiger partial charge in [0.25, 0.3) is 0 Å². The number of amides is 1. The van der Waals surface area contributed by atoms with Gasteiger partial charge < -0.3 is 11.1 Å². The Kier molecular flexibility index (Phi) is 8.74. The Bertz CT molecular complexity index is 813. The minimum atomic E-state index is -3.63. The Hall–Kier alpha value is -1.93. The molecule has 0 aromatic heterocycles. The van der Waals surface area contributed by atoms with Gasteiger partial charge in [0.05, 0.1) is 4.90 Å². The van der Waals surface area contributed by atoms with Crippen LogP contribution in [-0.2, 0) is 14.8 Å². The zero-order chi connectivity index (χ0) is 18.3. The van der Waals surface area contributed by atoms with Crippen molar-refractivity contribution in [2.24, 2.45) is 5.73 Å². The highest BCUT2D eigenvalue weighted by molar-refractivity contribution is 7.89. The summed E-state index contributed by atoms with van der Waals surface area (Å²) in [7, 11) is -3.63. The number of carbonyl (C=O) groups is 1. The van der Waals surface area contributed by atoms with Gasteiger partial charge in [0, 0.05) is 25.2 Å². The monoisotopic (exact) mass is 397 g/mol. The van der Waals surface area contributed by atoms with E-state index >= 15 is 0 Å². The summed E-state index contributed by atoms with van der Waals surface area (Å²) in [6.07, 6.45) is 0.312. The summed E-state index contributed by atoms with van der Waals surface area (Å²) < 4.78 is 26.6. The van der Waals surface area contributed by atoms with E-state index in [0.717, 1.165) is 5.56 Å². The number of sulfonamides is 1. The van der Waals surface area contributed by atoms with Gasteiger partial charge in [0.15, 0.2) is 0 Å². The molecule has 1 unspecified atom stereocenters. The lowest BCUT2D eigenvalue weighted by atomic mass is 9.97. The van der Waals surface area contributed by atoms with Crippen LogP contribution in [0.3, 0.4) is 0 Å². The van der Waals surface area contributed by atoms with Gasteiger partial charge in [0.2, 0.25) is 15.9 Å². The number of benzene rings is 2. The lowest BCUT2D eigenvalue weighted by Crippen LogP contribution is -2.29. The molecule has 0 saturated carbocycles. The maximum atomic E-state index is 12.2. The van der Waals surface area contributed by atoms with Crippen molar-refractivity contribution in [3.8, 4) is 0 Å². The molecule has 0 heterocycles. The molecule has 4 N–H and O–H groups in total. The fourth-order valence-corrected chi connectivity index (χ4v) is 3.50. The molecule has 0 spiro atoms. The Labute approximate surface area is 160 Å². The highest BCUT2D eigenvalue weighted by atomic mass is 35.5. The van der Waals surface area contributed by atoms with Crippen molar-refractivity contribution in [3.05, 3.63) is 60.2 Å². The van der Waals surface area contributed by atoms with Crippen LogP contribution in [0.1, 0.15) is 24.8 Å². The van der Waals surface area contributed by atoms with Crippen molar-refractivity contribution in [2.75, 3.05) is 18.4 Å². The molecule has 0 aliphatic carbocycles. The fraction of sp³-hybridized carbons (Fsp3) is 0.278. The molecular weight excluding hydrogens is 374 g/mol. The third-order valence-electron chi connectivity index (χ3n) is 3.72. The van der Waals surface area contributed by atoms with E-state index in [-0.39, 0.29) is 42.2 Å². The van der Waals surface area contributed by atoms with Gasteiger partial charge in [-0.3, -0.25) is 4.79 Å². The van der Waals surface area contributed by atoms with Crippen LogP contribution in [0.4, 0.5) is 5.69 Å². The van der Waals surface area contributed by atoms with E-state index in [1.54, 1.807) is 12.1 Å². The molecule has 0 fully saturated rings. The van der Waals surface area contributed by atoms with Gasteiger partial charge in [-0.2, -0.15) is 0 Å². The molecule has 0 aliphatic rings. The lowest BCUT2D eigenvalue weighted by Gasteiger charge is -2.13. The van der Waals surface area contributed by atoms with E-state index in [1.807, 2.05) is 37.3 Å². The van der Waals surface area contributed by atoms with Crippen molar-refractivity contribution in [1.82, 2.24) is 4.72 Å². The molecule has 0 aliphatic heterocycles. The molecule has 0 radical (unpaired) electrons. The third kappa shape index (κ3) is 6.42. The quantitative estimate of drug-likeness (QED) is 0.636. The van der Waals surface area contributed by atoms with E-state index in [0.29, 0.717) is 12.1 Å². The lowest BCUT2D eigenvalue weighted by molar-refractivity contribution is -0.116. The summed E-state index contributed by atoms with van der Waals surface area (Å²) in [6.45, 7) is 2.35. The van der Waals surface area contributed by atoms with Crippen LogP contribution < -0.4 is 15.8 Å². The molecule has 2 rings (SSSR count). The molecule has 0 bridgehead atoms. The minimum Gasteiger partial charge on any atom is -0.329 e. The number of nitrogens with one attached hydrogen (secondary N) is 2. The fourth-order valence-electron chi connectivity index (χ4n) is 2.41. The average molecular weight is 398 g/mol. The van der Waals surface area contributed by atoms with Crippen LogP contribution in [0.15, 0.2) is 59.5 Å². The third-order valence-corrected chi connectivity index (χ3v) is 5.18. The average Bonchev–Trinajstić information content (AvgIpc) is 2.61. The van der Waals surface area contributed by atoms with Gasteiger partial charge in [-0.05, 0) is 29.7 Å². The molecule has 142 valence electrons. The van der Waals surface area contributed by atoms with Gasteiger partial charge in [0.1, 0.15) is 0 Å². The normalized spacial score (nSPS) is 12.1. The van der Waals surface area contributed by atoms with Crippen LogP contribution in [0.5, 0.6) is 0 Å². The van der Waals surface area contributed by atoms with E-state index in [9.17, 15) is 13.2 Å². The van der Waals surface area contributed by atoms with Gasteiger partial charge in [-0.1, -0.05) is 43.3 Å². The summed E-state index contributed by atoms with van der Waals surface area (Å²) in [5.41, 5.74) is 6.85. The number of hydrogen-bond acceptors (Lipinski definition) is 4. The second-order valence-corrected chi connectivity index (χ2v) is 7.55. The number of nitrogens with two attached hydrogens (primary N) is 1. The summed E-state index contributed by atoms with van der Waals surface area (Å²) in [4.78, 5) is 12.3. The van der Waals surface area contributed by atoms with Gasteiger partial charge in [-0.15, -0.1) is 12.4 Å². The number of halogens is 1. The summed E-state index contributed by atoms with van der Waals surface area (Å²) in [6, 6.07) is 15.9. The first-order valence-electron chi connectivity index (χ1n) is 8.07. The summed E-state index contributed by atoms with van der Waals surface area (Å²) in [5, 5.41) is 2.76. The molecule has 2 aromatic rings. The van der Waals surface area contributed by atoms with Crippen LogP contribution in [-0.4, -0.2) is 27.4 Å². The van der Waals surface area contributed by atoms with Crippen molar-refractivity contribution in [3.63, 3.8) is 0 Å². The summed E-state index contributed by atoms with van der Waals surface area (Å²) >= 11 is 0. The molecule has 1 amide bonds. The zero-order valence-corrected chi connectivity index (χ0v) is 16.1. The molecular formula is C18H24ClN3O3S. The van der Waals surface area contributed by atoms with E-state index in [4.69, 9.17) is 5.73 Å². The Morgan fingerprint density at radius 2 is 1.81 bits per heavy atom. The topological polar surface area (TPSA) is 101 Å². The van der Waals surface area contributed by atoms with E-state index < -0.39 is 10.0 Å². The Morgan fingerprint density at radius 1 is 1.12 bits per heavy atom.